The molecule has 2 heterocycles. The average Bonchev–Trinajstić information content (AvgIpc) is 3.58. The fourth-order valence-corrected chi connectivity index (χ4v) is 5.41. The van der Waals surface area contributed by atoms with Gasteiger partial charge < -0.3 is 4.74 Å². The van der Waals surface area contributed by atoms with Crippen molar-refractivity contribution in [3.8, 4) is 11.3 Å². The summed E-state index contributed by atoms with van der Waals surface area (Å²) in [4.78, 5) is 4.10. The van der Waals surface area contributed by atoms with E-state index in [1.165, 1.54) is 7.11 Å². The monoisotopic (exact) mass is 558 g/mol. The lowest BCUT2D eigenvalue weighted by Crippen LogP contribution is -2.30. The van der Waals surface area contributed by atoms with E-state index < -0.39 is 28.7 Å². The van der Waals surface area contributed by atoms with Crippen LogP contribution < -0.4 is 4.72 Å². The minimum Gasteiger partial charge on any atom is -0.362 e. The van der Waals surface area contributed by atoms with Crippen molar-refractivity contribution in [1.82, 2.24) is 19.5 Å². The van der Waals surface area contributed by atoms with Gasteiger partial charge in [0.2, 0.25) is 10.0 Å². The van der Waals surface area contributed by atoms with Crippen LogP contribution >= 0.6 is 15.9 Å². The van der Waals surface area contributed by atoms with Crippen LogP contribution in [-0.4, -0.2) is 36.7 Å². The van der Waals surface area contributed by atoms with Gasteiger partial charge >= 0.3 is 0 Å². The molecule has 1 aliphatic rings. The predicted octanol–water partition coefficient (Wildman–Crippen LogP) is 5.02. The number of aromatic nitrogens is 3. The average molecular weight is 559 g/mol. The first-order valence-corrected chi connectivity index (χ1v) is 12.7. The number of alkyl halides is 3. The maximum absolute atomic E-state index is 13.6. The molecule has 3 aromatic rings. The highest BCUT2D eigenvalue weighted by Crippen LogP contribution is 2.45. The van der Waals surface area contributed by atoms with Crippen molar-refractivity contribution < 1.29 is 26.3 Å². The lowest BCUT2D eigenvalue weighted by atomic mass is 10.0. The van der Waals surface area contributed by atoms with Crippen LogP contribution in [0.15, 0.2) is 58.3 Å². The Morgan fingerprint density at radius 2 is 1.91 bits per heavy atom. The number of halogens is 4. The molecule has 4 rings (SSSR count). The predicted molar refractivity (Wildman–Crippen MR) is 122 cm³/mol. The first-order valence-electron chi connectivity index (χ1n) is 10.4. The van der Waals surface area contributed by atoms with Crippen LogP contribution in [0.5, 0.6) is 0 Å². The molecule has 1 aromatic carbocycles. The van der Waals surface area contributed by atoms with Crippen LogP contribution in [0, 0.1) is 5.92 Å². The number of nitrogens with zero attached hydrogens (tertiary/aromatic N) is 3. The van der Waals surface area contributed by atoms with Crippen LogP contribution in [0.3, 0.4) is 0 Å². The molecular weight excluding hydrogens is 537 g/mol. The molecule has 0 bridgehead atoms. The largest absolute Gasteiger partial charge is 0.362 e. The minimum atomic E-state index is -4.04. The zero-order valence-electron chi connectivity index (χ0n) is 18.0. The SMILES string of the molecule is COCn1cc(C(NS(=O)(=O)c2ccc(C(F)C(F)F)cc2)C2CC2)c(-c2cccnc2Br)n1. The second-order valence-electron chi connectivity index (χ2n) is 7.97. The molecule has 1 aliphatic carbocycles. The van der Waals surface area contributed by atoms with E-state index in [1.54, 1.807) is 23.1 Å². The standard InChI is InChI=1S/C22H22BrF3N4O3S/c1-33-12-30-11-17(20(28-30)16-3-2-10-27-21(16)23)19(14-4-5-14)29-34(31,32)15-8-6-13(7-9-15)18(24)22(25)26/h2-3,6-11,14,18-19,22,29H,4-5,12H2,1H3. The van der Waals surface area contributed by atoms with Gasteiger partial charge in [0.25, 0.3) is 6.43 Å². The minimum absolute atomic E-state index is 0.0532. The Morgan fingerprint density at radius 3 is 2.50 bits per heavy atom. The van der Waals surface area contributed by atoms with Gasteiger partial charge in [-0.05, 0) is 64.5 Å². The molecule has 0 radical (unpaired) electrons. The van der Waals surface area contributed by atoms with E-state index in [-0.39, 0.29) is 23.1 Å². The molecule has 2 aromatic heterocycles. The van der Waals surface area contributed by atoms with E-state index in [0.29, 0.717) is 21.4 Å². The molecule has 1 saturated carbocycles. The second kappa shape index (κ2) is 10.1. The highest BCUT2D eigenvalue weighted by molar-refractivity contribution is 9.10. The lowest BCUT2D eigenvalue weighted by molar-refractivity contribution is 0.0495. The number of sulfonamides is 1. The molecule has 12 heteroatoms. The Hall–Kier alpha value is -2.28. The van der Waals surface area contributed by atoms with Crippen molar-refractivity contribution in [2.45, 2.75) is 43.1 Å². The van der Waals surface area contributed by atoms with Gasteiger partial charge in [0.05, 0.1) is 16.6 Å². The Labute approximate surface area is 203 Å². The number of pyridine rings is 1. The number of nitrogens with one attached hydrogen (secondary N) is 1. The van der Waals surface area contributed by atoms with Gasteiger partial charge in [0.15, 0.2) is 6.17 Å². The van der Waals surface area contributed by atoms with Crippen molar-refractivity contribution in [2.24, 2.45) is 5.92 Å². The molecule has 0 amide bonds. The highest BCUT2D eigenvalue weighted by Gasteiger charge is 2.38. The van der Waals surface area contributed by atoms with E-state index >= 15 is 0 Å². The van der Waals surface area contributed by atoms with E-state index in [4.69, 9.17) is 4.74 Å². The van der Waals surface area contributed by atoms with Crippen molar-refractivity contribution in [3.05, 3.63) is 64.5 Å². The summed E-state index contributed by atoms with van der Waals surface area (Å²) in [5.74, 6) is 0.0532. The Morgan fingerprint density at radius 1 is 1.21 bits per heavy atom. The van der Waals surface area contributed by atoms with Crippen LogP contribution in [0.25, 0.3) is 11.3 Å². The molecule has 7 nitrogen and oxygen atoms in total. The molecule has 0 spiro atoms. The highest BCUT2D eigenvalue weighted by atomic mass is 79.9. The van der Waals surface area contributed by atoms with Crippen LogP contribution in [0.1, 0.15) is 36.2 Å². The van der Waals surface area contributed by atoms with Gasteiger partial charge in [-0.2, -0.15) is 5.10 Å². The zero-order chi connectivity index (χ0) is 24.5. The summed E-state index contributed by atoms with van der Waals surface area (Å²) in [6, 6.07) is 7.38. The maximum atomic E-state index is 13.6. The summed E-state index contributed by atoms with van der Waals surface area (Å²) in [7, 11) is -2.51. The molecule has 1 N–H and O–H groups in total. The van der Waals surface area contributed by atoms with Crippen molar-refractivity contribution >= 4 is 26.0 Å². The number of hydrogen-bond donors (Lipinski definition) is 1. The van der Waals surface area contributed by atoms with Gasteiger partial charge in [-0.3, -0.25) is 0 Å². The Kier molecular flexibility index (Phi) is 7.41. The van der Waals surface area contributed by atoms with E-state index in [2.05, 4.69) is 30.7 Å². The molecule has 0 saturated heterocycles. The van der Waals surface area contributed by atoms with E-state index in [1.807, 2.05) is 6.07 Å². The molecule has 1 fully saturated rings. The summed E-state index contributed by atoms with van der Waals surface area (Å²) in [5, 5.41) is 4.59. The van der Waals surface area contributed by atoms with Gasteiger partial charge in [-0.25, -0.2) is 36.0 Å². The van der Waals surface area contributed by atoms with E-state index in [0.717, 1.165) is 37.1 Å². The van der Waals surface area contributed by atoms with Crippen LogP contribution in [0.2, 0.25) is 0 Å². The van der Waals surface area contributed by atoms with Gasteiger partial charge in [-0.15, -0.1) is 0 Å². The molecule has 34 heavy (non-hydrogen) atoms. The summed E-state index contributed by atoms with van der Waals surface area (Å²) in [5.41, 5.74) is 1.64. The summed E-state index contributed by atoms with van der Waals surface area (Å²) < 4.78 is 75.3. The Balaban J connectivity index is 1.69. The third-order valence-electron chi connectivity index (χ3n) is 5.51. The first kappa shape index (κ1) is 24.8. The van der Waals surface area contributed by atoms with Gasteiger partial charge in [0.1, 0.15) is 11.3 Å². The number of hydrogen-bond acceptors (Lipinski definition) is 5. The summed E-state index contributed by atoms with van der Waals surface area (Å²) in [6.07, 6.45) is -0.645. The quantitative estimate of drug-likeness (QED) is 0.353. The molecular formula is C22H22BrF3N4O3S. The number of rotatable bonds is 10. The number of benzene rings is 1. The van der Waals surface area contributed by atoms with Gasteiger partial charge in [-0.1, -0.05) is 12.1 Å². The van der Waals surface area contributed by atoms with Gasteiger partial charge in [0, 0.05) is 30.6 Å². The first-order chi connectivity index (χ1) is 16.2. The molecule has 182 valence electrons. The number of ether oxygens (including phenoxy) is 1. The molecule has 0 aliphatic heterocycles. The molecule has 2 unspecified atom stereocenters. The maximum Gasteiger partial charge on any atom is 0.273 e. The van der Waals surface area contributed by atoms with Crippen molar-refractivity contribution in [1.29, 1.82) is 0 Å². The zero-order valence-corrected chi connectivity index (χ0v) is 20.4. The third kappa shape index (κ3) is 5.35. The lowest BCUT2D eigenvalue weighted by Gasteiger charge is -2.19. The van der Waals surface area contributed by atoms with E-state index in [9.17, 15) is 21.6 Å². The number of methoxy groups -OCH3 is 1. The summed E-state index contributed by atoms with van der Waals surface area (Å²) in [6.45, 7) is 0.172. The van der Waals surface area contributed by atoms with Crippen molar-refractivity contribution in [3.63, 3.8) is 0 Å². The fourth-order valence-electron chi connectivity index (χ4n) is 3.69. The fraction of sp³-hybridized carbons (Fsp3) is 0.364. The molecule has 2 atom stereocenters. The normalized spacial score (nSPS) is 16.1. The van der Waals surface area contributed by atoms with Crippen molar-refractivity contribution in [2.75, 3.05) is 7.11 Å². The topological polar surface area (TPSA) is 86.1 Å². The second-order valence-corrected chi connectivity index (χ2v) is 10.4. The van der Waals surface area contributed by atoms with Crippen LogP contribution in [-0.2, 0) is 21.5 Å². The third-order valence-corrected chi connectivity index (χ3v) is 7.60. The Bertz CT molecular complexity index is 1250. The summed E-state index contributed by atoms with van der Waals surface area (Å²) >= 11 is 3.43. The van der Waals surface area contributed by atoms with Crippen LogP contribution in [0.4, 0.5) is 13.2 Å². The smallest absolute Gasteiger partial charge is 0.273 e.